The quantitative estimate of drug-likeness (QED) is 0.455. The van der Waals surface area contributed by atoms with Gasteiger partial charge in [-0.1, -0.05) is 25.1 Å². The van der Waals surface area contributed by atoms with Crippen LogP contribution in [0.5, 0.6) is 11.5 Å². The molecule has 3 aromatic rings. The summed E-state index contributed by atoms with van der Waals surface area (Å²) in [5.41, 5.74) is 0.431. The van der Waals surface area contributed by atoms with Crippen molar-refractivity contribution in [3.63, 3.8) is 0 Å². The van der Waals surface area contributed by atoms with Crippen molar-refractivity contribution in [1.29, 1.82) is 5.26 Å². The number of thiophene rings is 1. The summed E-state index contributed by atoms with van der Waals surface area (Å²) in [4.78, 5) is 41.7. The molecule has 3 atom stereocenters. The van der Waals surface area contributed by atoms with Crippen LogP contribution in [0.1, 0.15) is 47.5 Å². The Morgan fingerprint density at radius 3 is 2.47 bits per heavy atom. The number of para-hydroxylation sites is 1. The number of rotatable bonds is 8. The molecule has 2 aliphatic rings. The lowest BCUT2D eigenvalue weighted by Crippen LogP contribution is -2.53. The molecule has 194 valence electrons. The monoisotopic (exact) mass is 528 g/mol. The number of likely N-dealkylation sites (tertiary alicyclic amines) is 1. The lowest BCUT2D eigenvalue weighted by Gasteiger charge is -2.31. The molecule has 0 spiro atoms. The van der Waals surface area contributed by atoms with Crippen LogP contribution in [0.4, 0.5) is 0 Å². The van der Waals surface area contributed by atoms with Gasteiger partial charge in [-0.2, -0.15) is 5.26 Å². The molecule has 9 heteroatoms. The van der Waals surface area contributed by atoms with Crippen LogP contribution in [0.3, 0.4) is 0 Å². The van der Waals surface area contributed by atoms with Gasteiger partial charge < -0.3 is 20.3 Å². The second kappa shape index (κ2) is 9.95. The molecular weight excluding hydrogens is 500 g/mol. The molecule has 2 N–H and O–H groups in total. The molecule has 1 saturated carbocycles. The summed E-state index contributed by atoms with van der Waals surface area (Å²) in [7, 11) is 0. The molecule has 2 fully saturated rings. The minimum absolute atomic E-state index is 0.125. The summed E-state index contributed by atoms with van der Waals surface area (Å²) in [5.74, 6) is 0.415. The third-order valence-electron chi connectivity index (χ3n) is 7.68. The van der Waals surface area contributed by atoms with Crippen molar-refractivity contribution < 1.29 is 19.1 Å². The number of benzene rings is 2. The van der Waals surface area contributed by atoms with Gasteiger partial charge in [0.15, 0.2) is 0 Å². The van der Waals surface area contributed by atoms with Crippen molar-refractivity contribution in [3.05, 3.63) is 82.0 Å². The summed E-state index contributed by atoms with van der Waals surface area (Å²) in [6.07, 6.45) is 1.40. The highest BCUT2D eigenvalue weighted by Gasteiger charge is 2.72. The van der Waals surface area contributed by atoms with E-state index in [1.54, 1.807) is 40.6 Å². The number of fused-ring (bicyclic) bond motifs is 1. The summed E-state index contributed by atoms with van der Waals surface area (Å²) >= 11 is 1.41. The second-order valence-electron chi connectivity index (χ2n) is 10.2. The number of nitrogens with one attached hydrogen (secondary N) is 2. The molecule has 5 rings (SSSR count). The maximum atomic E-state index is 13.3. The van der Waals surface area contributed by atoms with Gasteiger partial charge in [0, 0.05) is 21.4 Å². The van der Waals surface area contributed by atoms with Crippen molar-refractivity contribution in [1.82, 2.24) is 15.5 Å². The van der Waals surface area contributed by atoms with Crippen LogP contribution in [-0.2, 0) is 16.1 Å². The van der Waals surface area contributed by atoms with E-state index < -0.39 is 11.6 Å². The first kappa shape index (κ1) is 25.5. The molecule has 38 heavy (non-hydrogen) atoms. The summed E-state index contributed by atoms with van der Waals surface area (Å²) in [6, 6.07) is 19.3. The Bertz CT molecular complexity index is 1410. The van der Waals surface area contributed by atoms with Crippen LogP contribution in [0, 0.1) is 16.7 Å². The number of carbonyl (C=O) groups is 3. The summed E-state index contributed by atoms with van der Waals surface area (Å²) in [6.45, 7) is 4.20. The number of nitrogens with zero attached hydrogens (tertiary/aromatic N) is 2. The Labute approximate surface area is 225 Å². The standard InChI is InChI=1S/C29H28N4O4S/c1-28-13-24(27(36)31-15-23-12-19(14-30)17-38-23)33(29(28,2)18-28)25(34)16-32-26(35)20-8-10-22(11-9-20)37-21-6-4-3-5-7-21/h3-12,17,24H,13,15-16,18H2,1-2H3,(H,31,36)(H,32,35)/t24-,28+,29-/m0/s1. The largest absolute Gasteiger partial charge is 0.457 e. The highest BCUT2D eigenvalue weighted by Crippen LogP contribution is 2.67. The van der Waals surface area contributed by atoms with E-state index in [1.165, 1.54) is 11.3 Å². The Kier molecular flexibility index (Phi) is 6.67. The Balaban J connectivity index is 1.19. The van der Waals surface area contributed by atoms with Gasteiger partial charge in [0.2, 0.25) is 11.8 Å². The second-order valence-corrected chi connectivity index (χ2v) is 11.2. The maximum absolute atomic E-state index is 13.3. The molecular formula is C29H28N4O4S. The summed E-state index contributed by atoms with van der Waals surface area (Å²) < 4.78 is 5.76. The van der Waals surface area contributed by atoms with Gasteiger partial charge in [-0.3, -0.25) is 14.4 Å². The molecule has 8 nitrogen and oxygen atoms in total. The van der Waals surface area contributed by atoms with Crippen LogP contribution in [-0.4, -0.2) is 40.7 Å². The van der Waals surface area contributed by atoms with E-state index >= 15 is 0 Å². The molecule has 1 aliphatic heterocycles. The molecule has 1 aromatic heterocycles. The number of piperidine rings is 1. The van der Waals surface area contributed by atoms with E-state index in [0.29, 0.717) is 35.6 Å². The predicted octanol–water partition coefficient (Wildman–Crippen LogP) is 4.23. The zero-order valence-electron chi connectivity index (χ0n) is 21.2. The Morgan fingerprint density at radius 2 is 1.79 bits per heavy atom. The van der Waals surface area contributed by atoms with Crippen LogP contribution in [0.25, 0.3) is 0 Å². The topological polar surface area (TPSA) is 112 Å². The maximum Gasteiger partial charge on any atom is 0.251 e. The Morgan fingerprint density at radius 1 is 1.08 bits per heavy atom. The summed E-state index contributed by atoms with van der Waals surface area (Å²) in [5, 5.41) is 16.4. The number of ether oxygens (including phenoxy) is 1. The molecule has 0 radical (unpaired) electrons. The molecule has 2 aromatic carbocycles. The van der Waals surface area contributed by atoms with E-state index in [0.717, 1.165) is 11.3 Å². The lowest BCUT2D eigenvalue weighted by atomic mass is 10.00. The van der Waals surface area contributed by atoms with Gasteiger partial charge in [-0.05, 0) is 67.6 Å². The van der Waals surface area contributed by atoms with Crippen molar-refractivity contribution >= 4 is 29.1 Å². The first-order chi connectivity index (χ1) is 18.2. The van der Waals surface area contributed by atoms with E-state index in [1.807, 2.05) is 37.3 Å². The SMILES string of the molecule is C[C@]12C[C@@H](C(=O)NCc3cc(C#N)cs3)N(C(=O)CNC(=O)c3ccc(Oc4ccccc4)cc3)[C@@]1(C)C2. The first-order valence-electron chi connectivity index (χ1n) is 12.4. The minimum atomic E-state index is -0.604. The van der Waals surface area contributed by atoms with Crippen molar-refractivity contribution in [2.45, 2.75) is 44.8 Å². The average molecular weight is 529 g/mol. The average Bonchev–Trinajstić information content (AvgIpc) is 3.20. The number of hydrogen-bond donors (Lipinski definition) is 2. The zero-order chi connectivity index (χ0) is 26.9. The normalized spacial score (nSPS) is 23.2. The fourth-order valence-electron chi connectivity index (χ4n) is 5.37. The van der Waals surface area contributed by atoms with Crippen LogP contribution in [0.2, 0.25) is 0 Å². The van der Waals surface area contributed by atoms with Crippen LogP contribution < -0.4 is 15.4 Å². The predicted molar refractivity (Wildman–Crippen MR) is 143 cm³/mol. The van der Waals surface area contributed by atoms with Gasteiger partial charge in [-0.15, -0.1) is 11.3 Å². The van der Waals surface area contributed by atoms with Gasteiger partial charge in [0.25, 0.3) is 5.91 Å². The minimum Gasteiger partial charge on any atom is -0.457 e. The molecule has 3 amide bonds. The van der Waals surface area contributed by atoms with Crippen LogP contribution >= 0.6 is 11.3 Å². The van der Waals surface area contributed by atoms with E-state index in [-0.39, 0.29) is 29.7 Å². The van der Waals surface area contributed by atoms with Gasteiger partial charge >= 0.3 is 0 Å². The molecule has 1 aliphatic carbocycles. The zero-order valence-corrected chi connectivity index (χ0v) is 22.0. The van der Waals surface area contributed by atoms with Crippen molar-refractivity contribution in [3.8, 4) is 17.6 Å². The van der Waals surface area contributed by atoms with Crippen LogP contribution in [0.15, 0.2) is 66.0 Å². The molecule has 1 saturated heterocycles. The third-order valence-corrected chi connectivity index (χ3v) is 8.62. The number of carbonyl (C=O) groups excluding carboxylic acids is 3. The molecule has 2 heterocycles. The van der Waals surface area contributed by atoms with Gasteiger partial charge in [0.1, 0.15) is 23.6 Å². The number of hydrogen-bond acceptors (Lipinski definition) is 6. The molecule has 0 unspecified atom stereocenters. The van der Waals surface area contributed by atoms with Gasteiger partial charge in [0.05, 0.1) is 18.7 Å². The number of amides is 3. The number of nitriles is 1. The molecule has 0 bridgehead atoms. The fourth-order valence-corrected chi connectivity index (χ4v) is 6.12. The van der Waals surface area contributed by atoms with E-state index in [9.17, 15) is 14.4 Å². The smallest absolute Gasteiger partial charge is 0.251 e. The highest BCUT2D eigenvalue weighted by molar-refractivity contribution is 7.10. The van der Waals surface area contributed by atoms with E-state index in [2.05, 4.69) is 23.6 Å². The third kappa shape index (κ3) is 4.87. The fraction of sp³-hybridized carbons (Fsp3) is 0.310. The van der Waals surface area contributed by atoms with Gasteiger partial charge in [-0.25, -0.2) is 0 Å². The Hall–Kier alpha value is -4.16. The van der Waals surface area contributed by atoms with E-state index in [4.69, 9.17) is 10.00 Å². The van der Waals surface area contributed by atoms with Crippen molar-refractivity contribution in [2.75, 3.05) is 6.54 Å². The highest BCUT2D eigenvalue weighted by atomic mass is 32.1. The van der Waals surface area contributed by atoms with Crippen molar-refractivity contribution in [2.24, 2.45) is 5.41 Å². The first-order valence-corrected chi connectivity index (χ1v) is 13.3. The lowest BCUT2D eigenvalue weighted by molar-refractivity contribution is -0.141.